The summed E-state index contributed by atoms with van der Waals surface area (Å²) in [6, 6.07) is 19.2. The molecule has 1 heterocycles. The summed E-state index contributed by atoms with van der Waals surface area (Å²) < 4.78 is 36.3. The molecule has 1 aliphatic heterocycles. The monoisotopic (exact) mass is 552 g/mol. The van der Waals surface area contributed by atoms with Crippen LogP contribution in [-0.4, -0.2) is 43.5 Å². The summed E-state index contributed by atoms with van der Waals surface area (Å²) in [5, 5.41) is 2.15. The van der Waals surface area contributed by atoms with Crippen molar-refractivity contribution in [1.29, 1.82) is 0 Å². The van der Waals surface area contributed by atoms with Crippen LogP contribution in [0.25, 0.3) is 6.08 Å². The summed E-state index contributed by atoms with van der Waals surface area (Å²) in [5.41, 5.74) is 1.98. The first kappa shape index (κ1) is 27.0. The molecule has 196 valence electrons. The summed E-state index contributed by atoms with van der Waals surface area (Å²) in [5.74, 6) is -0.0356. The number of anilines is 1. The van der Waals surface area contributed by atoms with Crippen molar-refractivity contribution in [1.82, 2.24) is 4.90 Å². The molecule has 1 fully saturated rings. The zero-order valence-electron chi connectivity index (χ0n) is 20.5. The van der Waals surface area contributed by atoms with E-state index in [-0.39, 0.29) is 34.6 Å². The highest BCUT2D eigenvalue weighted by Crippen LogP contribution is 2.33. The lowest BCUT2D eigenvalue weighted by Crippen LogP contribution is -2.32. The highest BCUT2D eigenvalue weighted by Gasteiger charge is 2.34. The Labute approximate surface area is 224 Å². The third-order valence-corrected chi connectivity index (χ3v) is 7.44. The minimum atomic E-state index is -4.15. The van der Waals surface area contributed by atoms with Crippen LogP contribution in [0, 0.1) is 6.92 Å². The van der Waals surface area contributed by atoms with E-state index < -0.39 is 21.3 Å². The number of carbonyl (C=O) groups is 3. The molecule has 0 spiro atoms. The third-order valence-electron chi connectivity index (χ3n) is 5.27. The van der Waals surface area contributed by atoms with Gasteiger partial charge in [0.1, 0.15) is 23.0 Å². The van der Waals surface area contributed by atoms with Crippen molar-refractivity contribution in [2.24, 2.45) is 0 Å². The number of amides is 3. The number of hydrogen-bond donors (Lipinski definition) is 1. The first-order chi connectivity index (χ1) is 18.1. The Morgan fingerprint density at radius 1 is 1.00 bits per heavy atom. The van der Waals surface area contributed by atoms with Crippen LogP contribution in [0.2, 0.25) is 0 Å². The zero-order chi connectivity index (χ0) is 27.3. The van der Waals surface area contributed by atoms with Crippen molar-refractivity contribution in [3.05, 3.63) is 88.8 Å². The average Bonchev–Trinajstić information content (AvgIpc) is 3.11. The first-order valence-corrected chi connectivity index (χ1v) is 13.7. The minimum absolute atomic E-state index is 0.0375. The molecule has 1 N–H and O–H groups in total. The van der Waals surface area contributed by atoms with Gasteiger partial charge in [-0.2, -0.15) is 8.42 Å². The largest absolute Gasteiger partial charge is 0.492 e. The van der Waals surface area contributed by atoms with Crippen molar-refractivity contribution in [3.8, 4) is 11.5 Å². The van der Waals surface area contributed by atoms with Gasteiger partial charge in [0.15, 0.2) is 0 Å². The summed E-state index contributed by atoms with van der Waals surface area (Å²) in [7, 11) is -4.15. The minimum Gasteiger partial charge on any atom is -0.492 e. The Morgan fingerprint density at radius 3 is 2.42 bits per heavy atom. The molecule has 1 aliphatic rings. The molecule has 11 heteroatoms. The molecule has 0 atom stereocenters. The number of thioether (sulfide) groups is 1. The van der Waals surface area contributed by atoms with Gasteiger partial charge < -0.3 is 14.2 Å². The topological polar surface area (TPSA) is 119 Å². The molecule has 0 aromatic heterocycles. The Morgan fingerprint density at radius 2 is 1.71 bits per heavy atom. The van der Waals surface area contributed by atoms with E-state index in [0.29, 0.717) is 17.0 Å². The molecule has 3 aromatic carbocycles. The lowest BCUT2D eigenvalue weighted by Gasteiger charge is -2.13. The van der Waals surface area contributed by atoms with Crippen LogP contribution in [0.3, 0.4) is 0 Å². The zero-order valence-corrected chi connectivity index (χ0v) is 22.2. The maximum atomic E-state index is 12.8. The van der Waals surface area contributed by atoms with Gasteiger partial charge in [0.05, 0.1) is 11.4 Å². The first-order valence-electron chi connectivity index (χ1n) is 11.5. The van der Waals surface area contributed by atoms with Crippen LogP contribution in [0.15, 0.2) is 82.6 Å². The molecule has 0 saturated carbocycles. The second kappa shape index (κ2) is 11.5. The molecular weight excluding hydrogens is 528 g/mol. The molecule has 3 amide bonds. The normalized spacial score (nSPS) is 14.6. The third kappa shape index (κ3) is 6.81. The van der Waals surface area contributed by atoms with Crippen molar-refractivity contribution < 1.29 is 31.7 Å². The van der Waals surface area contributed by atoms with Gasteiger partial charge in [-0.25, -0.2) is 0 Å². The van der Waals surface area contributed by atoms with Gasteiger partial charge in [-0.1, -0.05) is 24.3 Å². The van der Waals surface area contributed by atoms with E-state index in [1.54, 1.807) is 18.2 Å². The van der Waals surface area contributed by atoms with Gasteiger partial charge >= 0.3 is 10.1 Å². The number of carbonyl (C=O) groups excluding carboxylic acids is 3. The summed E-state index contributed by atoms with van der Waals surface area (Å²) >= 11 is 0.801. The molecule has 0 aliphatic carbocycles. The molecule has 0 unspecified atom stereocenters. The summed E-state index contributed by atoms with van der Waals surface area (Å²) in [4.78, 5) is 37.6. The van der Waals surface area contributed by atoms with Crippen LogP contribution >= 0.6 is 11.8 Å². The van der Waals surface area contributed by atoms with Crippen LogP contribution < -0.4 is 14.2 Å². The molecule has 0 bridgehead atoms. The number of ether oxygens (including phenoxy) is 1. The van der Waals surface area contributed by atoms with Gasteiger partial charge in [-0.3, -0.25) is 19.3 Å². The number of nitrogens with zero attached hydrogens (tertiary/aromatic N) is 1. The smallest absolute Gasteiger partial charge is 0.339 e. The van der Waals surface area contributed by atoms with E-state index in [9.17, 15) is 22.8 Å². The summed E-state index contributed by atoms with van der Waals surface area (Å²) in [6.45, 7) is 3.54. The van der Waals surface area contributed by atoms with Crippen molar-refractivity contribution >= 4 is 50.7 Å². The number of imide groups is 1. The highest BCUT2D eigenvalue weighted by atomic mass is 32.2. The lowest BCUT2D eigenvalue weighted by atomic mass is 10.2. The molecular formula is C27H24N2O7S2. The van der Waals surface area contributed by atoms with E-state index in [0.717, 1.165) is 22.2 Å². The lowest BCUT2D eigenvalue weighted by molar-refractivity contribution is -0.123. The van der Waals surface area contributed by atoms with E-state index >= 15 is 0 Å². The van der Waals surface area contributed by atoms with Crippen molar-refractivity contribution in [2.45, 2.75) is 18.7 Å². The SMILES string of the molecule is CC(=O)Nc1ccc(S(=O)(=O)Oc2cccc(/C=C3\SC(=O)N(CCOc4cccc(C)c4)C3=O)c2)cc1. The standard InChI is InChI=1S/C27H24N2O7S2/c1-18-5-3-7-22(15-18)35-14-13-29-26(31)25(37-27(29)32)17-20-6-4-8-23(16-20)36-38(33,34)24-11-9-21(10-12-24)28-19(2)30/h3-12,15-17H,13-14H2,1-2H3,(H,28,30)/b25-17-. The Hall–Kier alpha value is -4.09. The Balaban J connectivity index is 1.41. The van der Waals surface area contributed by atoms with Crippen LogP contribution in [0.5, 0.6) is 11.5 Å². The van der Waals surface area contributed by atoms with E-state index in [4.69, 9.17) is 8.92 Å². The Bertz CT molecular complexity index is 1520. The predicted molar refractivity (Wildman–Crippen MR) is 144 cm³/mol. The second-order valence-corrected chi connectivity index (χ2v) is 10.9. The highest BCUT2D eigenvalue weighted by molar-refractivity contribution is 8.18. The molecule has 1 saturated heterocycles. The van der Waals surface area contributed by atoms with E-state index in [1.807, 2.05) is 25.1 Å². The fraction of sp³-hybridized carbons (Fsp3) is 0.148. The van der Waals surface area contributed by atoms with Crippen LogP contribution in [0.1, 0.15) is 18.1 Å². The van der Waals surface area contributed by atoms with Gasteiger partial charge in [-0.05, 0) is 84.4 Å². The molecule has 0 radical (unpaired) electrons. The number of aryl methyl sites for hydroxylation is 1. The fourth-order valence-electron chi connectivity index (χ4n) is 3.54. The number of benzene rings is 3. The Kier molecular flexibility index (Phi) is 8.18. The van der Waals surface area contributed by atoms with Gasteiger partial charge in [0, 0.05) is 12.6 Å². The predicted octanol–water partition coefficient (Wildman–Crippen LogP) is 4.84. The van der Waals surface area contributed by atoms with Crippen molar-refractivity contribution in [3.63, 3.8) is 0 Å². The van der Waals surface area contributed by atoms with Crippen LogP contribution in [0.4, 0.5) is 10.5 Å². The van der Waals surface area contributed by atoms with E-state index in [1.165, 1.54) is 49.4 Å². The molecule has 4 rings (SSSR count). The molecule has 38 heavy (non-hydrogen) atoms. The van der Waals surface area contributed by atoms with Gasteiger partial charge in [0.2, 0.25) is 5.91 Å². The second-order valence-electron chi connectivity index (χ2n) is 8.31. The quantitative estimate of drug-likeness (QED) is 0.296. The number of nitrogens with one attached hydrogen (secondary N) is 1. The summed E-state index contributed by atoms with van der Waals surface area (Å²) in [6.07, 6.45) is 1.51. The maximum absolute atomic E-state index is 12.8. The van der Waals surface area contributed by atoms with Crippen LogP contribution in [-0.2, 0) is 19.7 Å². The maximum Gasteiger partial charge on any atom is 0.339 e. The van der Waals surface area contributed by atoms with Crippen molar-refractivity contribution in [2.75, 3.05) is 18.5 Å². The molecule has 9 nitrogen and oxygen atoms in total. The number of hydrogen-bond acceptors (Lipinski definition) is 8. The fourth-order valence-corrected chi connectivity index (χ4v) is 5.33. The van der Waals surface area contributed by atoms with Gasteiger partial charge in [0.25, 0.3) is 11.1 Å². The number of rotatable bonds is 9. The van der Waals surface area contributed by atoms with E-state index in [2.05, 4.69) is 5.32 Å². The van der Waals surface area contributed by atoms with Gasteiger partial charge in [-0.15, -0.1) is 0 Å². The average molecular weight is 553 g/mol. The molecule has 3 aromatic rings.